The smallest absolute Gasteiger partial charge is 0.418 e. The van der Waals surface area contributed by atoms with Gasteiger partial charge in [0.2, 0.25) is 5.91 Å². The molecule has 0 aliphatic rings. The maximum absolute atomic E-state index is 12.6. The van der Waals surface area contributed by atoms with Crippen LogP contribution in [0.1, 0.15) is 5.56 Å². The van der Waals surface area contributed by atoms with E-state index < -0.39 is 23.6 Å². The minimum Gasteiger partial charge on any atom is -0.481 e. The molecule has 4 nitrogen and oxygen atoms in total. The topological polar surface area (TPSA) is 66.4 Å². The van der Waals surface area contributed by atoms with Gasteiger partial charge in [0, 0.05) is 0 Å². The van der Waals surface area contributed by atoms with Gasteiger partial charge in [-0.1, -0.05) is 12.1 Å². The van der Waals surface area contributed by atoms with Gasteiger partial charge in [-0.15, -0.1) is 11.8 Å². The summed E-state index contributed by atoms with van der Waals surface area (Å²) >= 11 is 0.809. The first-order valence-corrected chi connectivity index (χ1v) is 6.22. The van der Waals surface area contributed by atoms with Crippen molar-refractivity contribution in [1.29, 1.82) is 0 Å². The number of hydrogen-bond donors (Lipinski definition) is 2. The number of carboxylic acids is 1. The number of thioether (sulfide) groups is 1. The number of carbonyl (C=O) groups is 2. The van der Waals surface area contributed by atoms with Crippen LogP contribution in [0.25, 0.3) is 0 Å². The van der Waals surface area contributed by atoms with Crippen LogP contribution < -0.4 is 5.32 Å². The predicted octanol–water partition coefficient (Wildman–Crippen LogP) is 2.46. The van der Waals surface area contributed by atoms with E-state index in [0.29, 0.717) is 0 Å². The fraction of sp³-hybridized carbons (Fsp3) is 0.273. The van der Waals surface area contributed by atoms with Gasteiger partial charge in [-0.3, -0.25) is 9.59 Å². The van der Waals surface area contributed by atoms with E-state index in [4.69, 9.17) is 5.11 Å². The summed E-state index contributed by atoms with van der Waals surface area (Å²) in [6.45, 7) is 0. The molecule has 0 saturated carbocycles. The molecule has 104 valence electrons. The summed E-state index contributed by atoms with van der Waals surface area (Å²) in [5.41, 5.74) is -1.28. The average Bonchev–Trinajstić information content (AvgIpc) is 2.27. The Hall–Kier alpha value is -1.70. The Morgan fingerprint density at radius 1 is 1.21 bits per heavy atom. The minimum atomic E-state index is -4.56. The number of halogens is 3. The number of rotatable bonds is 5. The molecule has 1 aromatic rings. The van der Waals surface area contributed by atoms with Gasteiger partial charge in [0.25, 0.3) is 0 Å². The van der Waals surface area contributed by atoms with Crippen molar-refractivity contribution in [2.75, 3.05) is 16.8 Å². The summed E-state index contributed by atoms with van der Waals surface area (Å²) < 4.78 is 37.9. The van der Waals surface area contributed by atoms with E-state index in [9.17, 15) is 22.8 Å². The van der Waals surface area contributed by atoms with Gasteiger partial charge in [-0.05, 0) is 12.1 Å². The number of aliphatic carboxylic acids is 1. The Bertz CT molecular complexity index is 476. The summed E-state index contributed by atoms with van der Waals surface area (Å²) in [5.74, 6) is -2.27. The van der Waals surface area contributed by atoms with Crippen LogP contribution in [0.4, 0.5) is 18.9 Å². The lowest BCUT2D eigenvalue weighted by atomic mass is 10.1. The Kier molecular flexibility index (Phi) is 5.22. The number of hydrogen-bond acceptors (Lipinski definition) is 3. The largest absolute Gasteiger partial charge is 0.481 e. The zero-order valence-corrected chi connectivity index (χ0v) is 10.3. The molecule has 0 unspecified atom stereocenters. The summed E-state index contributed by atoms with van der Waals surface area (Å²) in [6.07, 6.45) is -4.56. The average molecular weight is 293 g/mol. The SMILES string of the molecule is O=C(O)CSCC(=O)Nc1ccccc1C(F)(F)F. The summed E-state index contributed by atoms with van der Waals surface area (Å²) in [5, 5.41) is 10.5. The predicted molar refractivity (Wildman–Crippen MR) is 65.0 cm³/mol. The van der Waals surface area contributed by atoms with Crippen LogP contribution in [-0.4, -0.2) is 28.5 Å². The van der Waals surface area contributed by atoms with E-state index >= 15 is 0 Å². The zero-order valence-electron chi connectivity index (χ0n) is 9.53. The molecule has 0 heterocycles. The van der Waals surface area contributed by atoms with Crippen molar-refractivity contribution in [3.05, 3.63) is 29.8 Å². The number of carbonyl (C=O) groups excluding carboxylic acids is 1. The van der Waals surface area contributed by atoms with Crippen LogP contribution in [0.2, 0.25) is 0 Å². The molecule has 1 amide bonds. The van der Waals surface area contributed by atoms with Crippen LogP contribution >= 0.6 is 11.8 Å². The number of anilines is 1. The second-order valence-electron chi connectivity index (χ2n) is 3.48. The normalized spacial score (nSPS) is 11.1. The number of nitrogens with one attached hydrogen (secondary N) is 1. The summed E-state index contributed by atoms with van der Waals surface area (Å²) in [6, 6.07) is 4.59. The van der Waals surface area contributed by atoms with Gasteiger partial charge in [0.05, 0.1) is 22.8 Å². The number of alkyl halides is 3. The Morgan fingerprint density at radius 2 is 1.84 bits per heavy atom. The summed E-state index contributed by atoms with van der Waals surface area (Å²) in [4.78, 5) is 21.6. The lowest BCUT2D eigenvalue weighted by molar-refractivity contribution is -0.137. The van der Waals surface area contributed by atoms with Crippen molar-refractivity contribution in [3.63, 3.8) is 0 Å². The lowest BCUT2D eigenvalue weighted by Gasteiger charge is -2.13. The molecule has 0 bridgehead atoms. The standard InChI is InChI=1S/C11H10F3NO3S/c12-11(13,14)7-3-1-2-4-8(7)15-9(16)5-19-6-10(17)18/h1-4H,5-6H2,(H,15,16)(H,17,18). The quantitative estimate of drug-likeness (QED) is 0.875. The highest BCUT2D eigenvalue weighted by Crippen LogP contribution is 2.34. The molecule has 0 atom stereocenters. The van der Waals surface area contributed by atoms with E-state index in [0.717, 1.165) is 23.9 Å². The first kappa shape index (κ1) is 15.4. The molecule has 0 aliphatic heterocycles. The van der Waals surface area contributed by atoms with Gasteiger partial charge in [0.1, 0.15) is 0 Å². The van der Waals surface area contributed by atoms with Crippen molar-refractivity contribution >= 4 is 29.3 Å². The molecular weight excluding hydrogens is 283 g/mol. The number of amides is 1. The second kappa shape index (κ2) is 6.46. The zero-order chi connectivity index (χ0) is 14.5. The Labute approximate surface area is 111 Å². The third kappa shape index (κ3) is 5.21. The fourth-order valence-electron chi connectivity index (χ4n) is 1.26. The van der Waals surface area contributed by atoms with Gasteiger partial charge < -0.3 is 10.4 Å². The van der Waals surface area contributed by atoms with E-state index in [2.05, 4.69) is 5.32 Å². The van der Waals surface area contributed by atoms with Crippen LogP contribution in [0, 0.1) is 0 Å². The van der Waals surface area contributed by atoms with Crippen molar-refractivity contribution < 1.29 is 27.9 Å². The number of benzene rings is 1. The van der Waals surface area contributed by atoms with Crippen LogP contribution in [-0.2, 0) is 15.8 Å². The maximum atomic E-state index is 12.6. The van der Waals surface area contributed by atoms with Gasteiger partial charge in [0.15, 0.2) is 0 Å². The first-order valence-electron chi connectivity index (χ1n) is 5.06. The summed E-state index contributed by atoms with van der Waals surface area (Å²) in [7, 11) is 0. The van der Waals surface area contributed by atoms with Crippen LogP contribution in [0.5, 0.6) is 0 Å². The molecular formula is C11H10F3NO3S. The molecule has 0 saturated heterocycles. The van der Waals surface area contributed by atoms with Gasteiger partial charge in [-0.2, -0.15) is 13.2 Å². The molecule has 0 fully saturated rings. The first-order chi connectivity index (χ1) is 8.80. The van der Waals surface area contributed by atoms with Crippen molar-refractivity contribution in [1.82, 2.24) is 0 Å². The fourth-order valence-corrected chi connectivity index (χ4v) is 1.79. The Morgan fingerprint density at radius 3 is 2.42 bits per heavy atom. The third-order valence-electron chi connectivity index (χ3n) is 1.97. The second-order valence-corrected chi connectivity index (χ2v) is 4.46. The van der Waals surface area contributed by atoms with Crippen molar-refractivity contribution in [3.8, 4) is 0 Å². The van der Waals surface area contributed by atoms with Crippen molar-refractivity contribution in [2.24, 2.45) is 0 Å². The van der Waals surface area contributed by atoms with Gasteiger partial charge >= 0.3 is 12.1 Å². The van der Waals surface area contributed by atoms with Crippen molar-refractivity contribution in [2.45, 2.75) is 6.18 Å². The van der Waals surface area contributed by atoms with E-state index in [1.54, 1.807) is 0 Å². The molecule has 0 spiro atoms. The Balaban J connectivity index is 2.67. The highest BCUT2D eigenvalue weighted by Gasteiger charge is 2.33. The molecule has 8 heteroatoms. The highest BCUT2D eigenvalue weighted by molar-refractivity contribution is 8.00. The molecule has 1 rings (SSSR count). The van der Waals surface area contributed by atoms with E-state index in [-0.39, 0.29) is 17.2 Å². The van der Waals surface area contributed by atoms with Crippen LogP contribution in [0.15, 0.2) is 24.3 Å². The number of carboxylic acid groups (broad SMARTS) is 1. The van der Waals surface area contributed by atoms with Crippen LogP contribution in [0.3, 0.4) is 0 Å². The molecule has 0 aliphatic carbocycles. The molecule has 0 radical (unpaired) electrons. The molecule has 1 aromatic carbocycles. The third-order valence-corrected chi connectivity index (χ3v) is 2.88. The maximum Gasteiger partial charge on any atom is 0.418 e. The van der Waals surface area contributed by atoms with E-state index in [1.165, 1.54) is 12.1 Å². The highest BCUT2D eigenvalue weighted by atomic mass is 32.2. The van der Waals surface area contributed by atoms with E-state index in [1.807, 2.05) is 0 Å². The molecule has 0 aromatic heterocycles. The number of para-hydroxylation sites is 1. The lowest BCUT2D eigenvalue weighted by Crippen LogP contribution is -2.18. The monoisotopic (exact) mass is 293 g/mol. The molecule has 19 heavy (non-hydrogen) atoms. The molecule has 2 N–H and O–H groups in total. The minimum absolute atomic E-state index is 0.224. The van der Waals surface area contributed by atoms with Gasteiger partial charge in [-0.25, -0.2) is 0 Å².